The maximum absolute atomic E-state index is 13.3. The minimum atomic E-state index is -0.478. The Hall–Kier alpha value is -1.69. The molecule has 1 N–H and O–H groups in total. The highest BCUT2D eigenvalue weighted by atomic mass is 19.1. The standard InChI is InChI=1S/C15H22FN3O2/c1-3-18-8-4-5-12(10-18)11(2)17-14-9-13(16)6-7-15(14)19(20)21/h6-7,9,11-12,17H,3-5,8,10H2,1-2H3. The third-order valence-electron chi connectivity index (χ3n) is 4.23. The van der Waals surface area contributed by atoms with Gasteiger partial charge in [0.05, 0.1) is 4.92 Å². The van der Waals surface area contributed by atoms with Gasteiger partial charge in [-0.2, -0.15) is 0 Å². The first-order valence-electron chi connectivity index (χ1n) is 7.44. The Balaban J connectivity index is 2.10. The van der Waals surface area contributed by atoms with Crippen molar-refractivity contribution in [3.63, 3.8) is 0 Å². The van der Waals surface area contributed by atoms with Gasteiger partial charge in [-0.1, -0.05) is 6.92 Å². The lowest BCUT2D eigenvalue weighted by Gasteiger charge is -2.35. The minimum Gasteiger partial charge on any atom is -0.377 e. The molecule has 0 radical (unpaired) electrons. The van der Waals surface area contributed by atoms with Crippen molar-refractivity contribution in [1.82, 2.24) is 4.90 Å². The molecule has 21 heavy (non-hydrogen) atoms. The van der Waals surface area contributed by atoms with E-state index < -0.39 is 10.7 Å². The molecular formula is C15H22FN3O2. The fourth-order valence-corrected chi connectivity index (χ4v) is 2.93. The SMILES string of the molecule is CCN1CCCC(C(C)Nc2cc(F)ccc2[N+](=O)[O-])C1. The fourth-order valence-electron chi connectivity index (χ4n) is 2.93. The number of anilines is 1. The average molecular weight is 295 g/mol. The molecule has 1 aromatic carbocycles. The normalized spacial score (nSPS) is 21.0. The summed E-state index contributed by atoms with van der Waals surface area (Å²) in [5.74, 6) is -0.0456. The van der Waals surface area contributed by atoms with Crippen molar-refractivity contribution in [1.29, 1.82) is 0 Å². The van der Waals surface area contributed by atoms with E-state index in [0.29, 0.717) is 5.92 Å². The molecule has 2 rings (SSSR count). The summed E-state index contributed by atoms with van der Waals surface area (Å²) in [6, 6.07) is 3.60. The molecule has 116 valence electrons. The Bertz CT molecular complexity index is 510. The number of hydrogen-bond acceptors (Lipinski definition) is 4. The topological polar surface area (TPSA) is 58.4 Å². The van der Waals surface area contributed by atoms with Crippen LogP contribution < -0.4 is 5.32 Å². The van der Waals surface area contributed by atoms with Crippen molar-refractivity contribution in [3.05, 3.63) is 34.1 Å². The molecule has 0 aliphatic carbocycles. The molecule has 0 aromatic heterocycles. The Morgan fingerprint density at radius 2 is 2.33 bits per heavy atom. The van der Waals surface area contributed by atoms with Crippen molar-refractivity contribution in [2.75, 3.05) is 25.0 Å². The van der Waals surface area contributed by atoms with Gasteiger partial charge < -0.3 is 10.2 Å². The van der Waals surface area contributed by atoms with Gasteiger partial charge in [-0.15, -0.1) is 0 Å². The van der Waals surface area contributed by atoms with Crippen LogP contribution in [0.2, 0.25) is 0 Å². The predicted octanol–water partition coefficient (Wildman–Crippen LogP) is 3.27. The van der Waals surface area contributed by atoms with Crippen LogP contribution in [0.15, 0.2) is 18.2 Å². The highest BCUT2D eigenvalue weighted by Crippen LogP contribution is 2.28. The van der Waals surface area contributed by atoms with Gasteiger partial charge in [-0.05, 0) is 44.8 Å². The number of likely N-dealkylation sites (tertiary alicyclic amines) is 1. The third-order valence-corrected chi connectivity index (χ3v) is 4.23. The zero-order chi connectivity index (χ0) is 15.4. The number of nitro groups is 1. The van der Waals surface area contributed by atoms with Crippen molar-refractivity contribution < 1.29 is 9.31 Å². The lowest BCUT2D eigenvalue weighted by atomic mass is 9.91. The zero-order valence-corrected chi connectivity index (χ0v) is 12.5. The van der Waals surface area contributed by atoms with E-state index in [9.17, 15) is 14.5 Å². The van der Waals surface area contributed by atoms with Crippen LogP contribution in [0.5, 0.6) is 0 Å². The van der Waals surface area contributed by atoms with E-state index in [1.165, 1.54) is 12.1 Å². The summed E-state index contributed by atoms with van der Waals surface area (Å²) < 4.78 is 13.3. The van der Waals surface area contributed by atoms with E-state index in [0.717, 1.165) is 38.5 Å². The van der Waals surface area contributed by atoms with Crippen LogP contribution in [0, 0.1) is 21.8 Å². The van der Waals surface area contributed by atoms with E-state index >= 15 is 0 Å². The first kappa shape index (κ1) is 15.7. The van der Waals surface area contributed by atoms with E-state index in [-0.39, 0.29) is 17.4 Å². The molecule has 6 heteroatoms. The molecule has 5 nitrogen and oxygen atoms in total. The van der Waals surface area contributed by atoms with Gasteiger partial charge in [0.2, 0.25) is 0 Å². The van der Waals surface area contributed by atoms with Crippen molar-refractivity contribution >= 4 is 11.4 Å². The highest BCUT2D eigenvalue weighted by Gasteiger charge is 2.25. The van der Waals surface area contributed by atoms with Gasteiger partial charge in [0.1, 0.15) is 11.5 Å². The lowest BCUT2D eigenvalue weighted by Crippen LogP contribution is -2.41. The minimum absolute atomic E-state index is 0.0693. The molecule has 1 aliphatic heterocycles. The molecule has 2 atom stereocenters. The molecule has 1 heterocycles. The summed E-state index contributed by atoms with van der Waals surface area (Å²) in [5, 5.41) is 14.2. The second-order valence-corrected chi connectivity index (χ2v) is 5.65. The summed E-state index contributed by atoms with van der Waals surface area (Å²) in [7, 11) is 0. The van der Waals surface area contributed by atoms with Crippen molar-refractivity contribution in [2.24, 2.45) is 5.92 Å². The lowest BCUT2D eigenvalue weighted by molar-refractivity contribution is -0.384. The molecule has 1 fully saturated rings. The number of nitrogens with zero attached hydrogens (tertiary/aromatic N) is 2. The van der Waals surface area contributed by atoms with Gasteiger partial charge >= 0.3 is 0 Å². The molecule has 2 unspecified atom stereocenters. The van der Waals surface area contributed by atoms with Crippen LogP contribution in [0.4, 0.5) is 15.8 Å². The first-order valence-corrected chi connectivity index (χ1v) is 7.44. The average Bonchev–Trinajstić information content (AvgIpc) is 2.47. The number of halogens is 1. The predicted molar refractivity (Wildman–Crippen MR) is 81.0 cm³/mol. The summed E-state index contributed by atoms with van der Waals surface area (Å²) in [6.07, 6.45) is 2.23. The summed E-state index contributed by atoms with van der Waals surface area (Å²) in [5.41, 5.74) is 0.188. The highest BCUT2D eigenvalue weighted by molar-refractivity contribution is 5.61. The summed E-state index contributed by atoms with van der Waals surface area (Å²) in [4.78, 5) is 12.9. The Morgan fingerprint density at radius 1 is 1.57 bits per heavy atom. The van der Waals surface area contributed by atoms with Gasteiger partial charge in [-0.25, -0.2) is 4.39 Å². The molecule has 0 bridgehead atoms. The maximum atomic E-state index is 13.3. The van der Waals surface area contributed by atoms with Gasteiger partial charge in [0, 0.05) is 24.7 Å². The number of piperidine rings is 1. The third kappa shape index (κ3) is 3.91. The number of hydrogen-bond donors (Lipinski definition) is 1. The second-order valence-electron chi connectivity index (χ2n) is 5.65. The summed E-state index contributed by atoms with van der Waals surface area (Å²) in [6.45, 7) is 7.26. The monoisotopic (exact) mass is 295 g/mol. The van der Waals surface area contributed by atoms with E-state index in [1.807, 2.05) is 6.92 Å². The van der Waals surface area contributed by atoms with E-state index in [4.69, 9.17) is 0 Å². The number of rotatable bonds is 5. The van der Waals surface area contributed by atoms with Crippen LogP contribution in [-0.2, 0) is 0 Å². The molecule has 1 aromatic rings. The zero-order valence-electron chi connectivity index (χ0n) is 12.5. The molecule has 1 aliphatic rings. The van der Waals surface area contributed by atoms with Crippen LogP contribution in [0.25, 0.3) is 0 Å². The van der Waals surface area contributed by atoms with Crippen LogP contribution >= 0.6 is 0 Å². The fraction of sp³-hybridized carbons (Fsp3) is 0.600. The maximum Gasteiger partial charge on any atom is 0.292 e. The molecule has 0 spiro atoms. The number of nitro benzene ring substituents is 1. The Morgan fingerprint density at radius 3 is 3.00 bits per heavy atom. The molecule has 1 saturated heterocycles. The van der Waals surface area contributed by atoms with Crippen LogP contribution in [-0.4, -0.2) is 35.5 Å². The Labute approximate surface area is 124 Å². The number of nitrogens with one attached hydrogen (secondary N) is 1. The summed E-state index contributed by atoms with van der Waals surface area (Å²) >= 11 is 0. The van der Waals surface area contributed by atoms with E-state index in [2.05, 4.69) is 17.1 Å². The van der Waals surface area contributed by atoms with E-state index in [1.54, 1.807) is 0 Å². The number of benzene rings is 1. The van der Waals surface area contributed by atoms with Crippen molar-refractivity contribution in [3.8, 4) is 0 Å². The quantitative estimate of drug-likeness (QED) is 0.669. The first-order chi connectivity index (χ1) is 10.0. The molecule has 0 saturated carbocycles. The smallest absolute Gasteiger partial charge is 0.292 e. The van der Waals surface area contributed by atoms with Gasteiger partial charge in [0.15, 0.2) is 0 Å². The van der Waals surface area contributed by atoms with Crippen LogP contribution in [0.1, 0.15) is 26.7 Å². The largest absolute Gasteiger partial charge is 0.377 e. The van der Waals surface area contributed by atoms with Gasteiger partial charge in [0.25, 0.3) is 5.69 Å². The van der Waals surface area contributed by atoms with Crippen LogP contribution in [0.3, 0.4) is 0 Å². The second kappa shape index (κ2) is 6.85. The molecular weight excluding hydrogens is 273 g/mol. The van der Waals surface area contributed by atoms with Gasteiger partial charge in [-0.3, -0.25) is 10.1 Å². The molecule has 0 amide bonds. The Kier molecular flexibility index (Phi) is 5.12. The van der Waals surface area contributed by atoms with Crippen molar-refractivity contribution in [2.45, 2.75) is 32.7 Å².